The molecule has 2 unspecified atom stereocenters. The monoisotopic (exact) mass is 308 g/mol. The molecule has 0 saturated heterocycles. The number of hydrogen-bond acceptors (Lipinski definition) is 5. The van der Waals surface area contributed by atoms with E-state index < -0.39 is 44.7 Å². The smallest absolute Gasteiger partial charge is 0.327 e. The highest BCUT2D eigenvalue weighted by Gasteiger charge is 2.33. The molecule has 0 aliphatic carbocycles. The largest absolute Gasteiger partial charge is 0.480 e. The van der Waals surface area contributed by atoms with E-state index in [4.69, 9.17) is 5.11 Å². The van der Waals surface area contributed by atoms with Crippen molar-refractivity contribution in [1.29, 1.82) is 0 Å². The molecule has 0 fully saturated rings. The Morgan fingerprint density at radius 1 is 1.10 bits per heavy atom. The van der Waals surface area contributed by atoms with Gasteiger partial charge in [0.25, 0.3) is 0 Å². The van der Waals surface area contributed by atoms with Crippen molar-refractivity contribution in [1.82, 2.24) is 10.6 Å². The van der Waals surface area contributed by atoms with Crippen LogP contribution in [-0.2, 0) is 24.2 Å². The number of hydrogen-bond donors (Lipinski definition) is 3. The zero-order chi connectivity index (χ0) is 16.1. The van der Waals surface area contributed by atoms with Gasteiger partial charge in [-0.25, -0.2) is 13.2 Å². The Labute approximate surface area is 117 Å². The van der Waals surface area contributed by atoms with Crippen molar-refractivity contribution in [2.45, 2.75) is 45.0 Å². The van der Waals surface area contributed by atoms with Crippen LogP contribution < -0.4 is 10.6 Å². The van der Waals surface area contributed by atoms with Crippen molar-refractivity contribution < 1.29 is 27.9 Å². The molecule has 0 aromatic carbocycles. The molecule has 8 nitrogen and oxygen atoms in total. The summed E-state index contributed by atoms with van der Waals surface area (Å²) in [4.78, 5) is 33.4. The minimum Gasteiger partial charge on any atom is -0.480 e. The summed E-state index contributed by atoms with van der Waals surface area (Å²) in [5.74, 6) is -3.67. The predicted octanol–water partition coefficient (Wildman–Crippen LogP) is -1.10. The average Bonchev–Trinajstić information content (AvgIpc) is 2.24. The van der Waals surface area contributed by atoms with E-state index in [1.165, 1.54) is 6.92 Å². The Bertz CT molecular complexity index is 485. The van der Waals surface area contributed by atoms with Crippen LogP contribution in [0.1, 0.15) is 27.7 Å². The summed E-state index contributed by atoms with van der Waals surface area (Å²) in [7, 11) is -4.00. The SMILES string of the molecule is CC(=O)NC(CS(=O)(=O)C(C)C(=O)NC(C)C)C(=O)O. The van der Waals surface area contributed by atoms with Crippen LogP contribution >= 0.6 is 0 Å². The maximum Gasteiger partial charge on any atom is 0.327 e. The molecule has 0 bridgehead atoms. The fourth-order valence-corrected chi connectivity index (χ4v) is 2.74. The molecule has 2 atom stereocenters. The van der Waals surface area contributed by atoms with Crippen molar-refractivity contribution >= 4 is 27.6 Å². The molecule has 9 heteroatoms. The Morgan fingerprint density at radius 2 is 1.60 bits per heavy atom. The third-order valence-corrected chi connectivity index (χ3v) is 4.50. The molecular formula is C11H20N2O6S. The second kappa shape index (κ2) is 7.22. The molecular weight excluding hydrogens is 288 g/mol. The highest BCUT2D eigenvalue weighted by Crippen LogP contribution is 2.06. The fraction of sp³-hybridized carbons (Fsp3) is 0.727. The van der Waals surface area contributed by atoms with Crippen LogP contribution in [0.15, 0.2) is 0 Å². The number of carboxylic acids is 1. The lowest BCUT2D eigenvalue weighted by Gasteiger charge is -2.18. The standard InChI is InChI=1S/C11H20N2O6S/c1-6(2)12-10(15)7(3)20(18,19)5-9(11(16)17)13-8(4)14/h6-7,9H,5H2,1-4H3,(H,12,15)(H,13,14)(H,16,17). The Hall–Kier alpha value is -1.64. The highest BCUT2D eigenvalue weighted by molar-refractivity contribution is 7.92. The molecule has 3 N–H and O–H groups in total. The normalized spacial score (nSPS) is 14.4. The van der Waals surface area contributed by atoms with Crippen LogP contribution in [0.25, 0.3) is 0 Å². The van der Waals surface area contributed by atoms with E-state index >= 15 is 0 Å². The van der Waals surface area contributed by atoms with Gasteiger partial charge in [0.05, 0.1) is 5.75 Å². The van der Waals surface area contributed by atoms with E-state index in [-0.39, 0.29) is 6.04 Å². The first-order chi connectivity index (χ1) is 8.97. The summed E-state index contributed by atoms with van der Waals surface area (Å²) >= 11 is 0. The zero-order valence-electron chi connectivity index (χ0n) is 11.8. The molecule has 0 radical (unpaired) electrons. The molecule has 20 heavy (non-hydrogen) atoms. The van der Waals surface area contributed by atoms with E-state index in [2.05, 4.69) is 5.32 Å². The van der Waals surface area contributed by atoms with Crippen LogP contribution in [0.4, 0.5) is 0 Å². The maximum absolute atomic E-state index is 12.0. The van der Waals surface area contributed by atoms with Gasteiger partial charge in [0.2, 0.25) is 11.8 Å². The number of aliphatic carboxylic acids is 1. The summed E-state index contributed by atoms with van der Waals surface area (Å²) in [5.41, 5.74) is 0. The quantitative estimate of drug-likeness (QED) is 0.547. The van der Waals surface area contributed by atoms with Crippen LogP contribution in [0.3, 0.4) is 0 Å². The van der Waals surface area contributed by atoms with Gasteiger partial charge in [-0.15, -0.1) is 0 Å². The molecule has 2 amide bonds. The number of nitrogens with one attached hydrogen (secondary N) is 2. The lowest BCUT2D eigenvalue weighted by molar-refractivity contribution is -0.140. The molecule has 0 aromatic rings. The summed E-state index contributed by atoms with van der Waals surface area (Å²) in [5, 5.41) is 11.9. The Balaban J connectivity index is 4.98. The zero-order valence-corrected chi connectivity index (χ0v) is 12.7. The molecule has 0 spiro atoms. The maximum atomic E-state index is 12.0. The predicted molar refractivity (Wildman–Crippen MR) is 71.8 cm³/mol. The second-order valence-corrected chi connectivity index (χ2v) is 7.09. The van der Waals surface area contributed by atoms with Crippen molar-refractivity contribution in [2.75, 3.05) is 5.75 Å². The van der Waals surface area contributed by atoms with Crippen LogP contribution in [0, 0.1) is 0 Å². The number of carboxylic acid groups (broad SMARTS) is 1. The summed E-state index contributed by atoms with van der Waals surface area (Å²) in [6.07, 6.45) is 0. The third kappa shape index (κ3) is 6.00. The van der Waals surface area contributed by atoms with Gasteiger partial charge in [0, 0.05) is 13.0 Å². The first-order valence-electron chi connectivity index (χ1n) is 5.99. The Morgan fingerprint density at radius 3 is 1.95 bits per heavy atom. The molecule has 0 aromatic heterocycles. The van der Waals surface area contributed by atoms with Gasteiger partial charge >= 0.3 is 5.97 Å². The number of sulfone groups is 1. The Kier molecular flexibility index (Phi) is 6.63. The molecule has 0 aliphatic rings. The number of amides is 2. The van der Waals surface area contributed by atoms with Crippen LogP contribution in [0.5, 0.6) is 0 Å². The lowest BCUT2D eigenvalue weighted by Crippen LogP contribution is -2.49. The minimum absolute atomic E-state index is 0.231. The summed E-state index contributed by atoms with van der Waals surface area (Å²) in [6.45, 7) is 5.61. The van der Waals surface area contributed by atoms with Gasteiger partial charge < -0.3 is 15.7 Å². The molecule has 0 rings (SSSR count). The van der Waals surface area contributed by atoms with Gasteiger partial charge in [-0.05, 0) is 20.8 Å². The molecule has 0 saturated carbocycles. The lowest BCUT2D eigenvalue weighted by atomic mass is 10.3. The van der Waals surface area contributed by atoms with Gasteiger partial charge in [0.15, 0.2) is 9.84 Å². The van der Waals surface area contributed by atoms with E-state index in [1.54, 1.807) is 13.8 Å². The number of carbonyl (C=O) groups excluding carboxylic acids is 2. The van der Waals surface area contributed by atoms with E-state index in [0.717, 1.165) is 6.92 Å². The van der Waals surface area contributed by atoms with Crippen LogP contribution in [-0.4, -0.2) is 54.4 Å². The van der Waals surface area contributed by atoms with Crippen molar-refractivity contribution in [2.24, 2.45) is 0 Å². The molecule has 0 heterocycles. The van der Waals surface area contributed by atoms with Crippen molar-refractivity contribution in [3.63, 3.8) is 0 Å². The van der Waals surface area contributed by atoms with Crippen molar-refractivity contribution in [3.8, 4) is 0 Å². The first kappa shape index (κ1) is 18.4. The number of rotatable bonds is 7. The van der Waals surface area contributed by atoms with Crippen LogP contribution in [0.2, 0.25) is 0 Å². The second-order valence-electron chi connectivity index (χ2n) is 4.73. The highest BCUT2D eigenvalue weighted by atomic mass is 32.2. The van der Waals surface area contributed by atoms with Gasteiger partial charge in [-0.1, -0.05) is 0 Å². The summed E-state index contributed by atoms with van der Waals surface area (Å²) in [6, 6.07) is -1.81. The topological polar surface area (TPSA) is 130 Å². The molecule has 0 aliphatic heterocycles. The summed E-state index contributed by atoms with van der Waals surface area (Å²) < 4.78 is 23.9. The fourth-order valence-electron chi connectivity index (χ4n) is 1.36. The van der Waals surface area contributed by atoms with E-state index in [9.17, 15) is 22.8 Å². The first-order valence-corrected chi connectivity index (χ1v) is 7.70. The van der Waals surface area contributed by atoms with Gasteiger partial charge in [-0.3, -0.25) is 9.59 Å². The molecule has 116 valence electrons. The minimum atomic E-state index is -4.00. The number of carbonyl (C=O) groups is 3. The van der Waals surface area contributed by atoms with Gasteiger partial charge in [-0.2, -0.15) is 0 Å². The average molecular weight is 308 g/mol. The van der Waals surface area contributed by atoms with Gasteiger partial charge in [0.1, 0.15) is 11.3 Å². The van der Waals surface area contributed by atoms with Crippen molar-refractivity contribution in [3.05, 3.63) is 0 Å². The van der Waals surface area contributed by atoms with E-state index in [1.807, 2.05) is 5.32 Å². The van der Waals surface area contributed by atoms with E-state index in [0.29, 0.717) is 0 Å². The third-order valence-electron chi connectivity index (χ3n) is 2.41.